The van der Waals surface area contributed by atoms with E-state index in [2.05, 4.69) is 215 Å². The van der Waals surface area contributed by atoms with E-state index in [1.165, 1.54) is 354 Å². The fraction of sp³-hybridized carbons (Fsp3) is 0.559. The molecule has 10 unspecified atom stereocenters. The van der Waals surface area contributed by atoms with Crippen LogP contribution < -0.4 is 23.7 Å². The van der Waals surface area contributed by atoms with Crippen LogP contribution in [0.2, 0.25) is 0 Å². The first kappa shape index (κ1) is 82.6. The van der Waals surface area contributed by atoms with Crippen molar-refractivity contribution in [1.29, 1.82) is 0 Å². The topological polar surface area (TPSA) is 86.1 Å². The molecule has 9 aromatic rings. The summed E-state index contributed by atoms with van der Waals surface area (Å²) < 4.78 is 35.1. The molecular formula is C111H139N9O5. The highest BCUT2D eigenvalue weighted by atomic mass is 16.5. The van der Waals surface area contributed by atoms with E-state index in [1.54, 1.807) is 0 Å². The number of imidazole rings is 1. The molecule has 125 heavy (non-hydrogen) atoms. The van der Waals surface area contributed by atoms with Crippen LogP contribution in [0.4, 0.5) is 0 Å². The summed E-state index contributed by atoms with van der Waals surface area (Å²) in [6.07, 6.45) is 49.1. The van der Waals surface area contributed by atoms with E-state index in [9.17, 15) is 0 Å². The lowest BCUT2D eigenvalue weighted by atomic mass is 9.86. The van der Waals surface area contributed by atoms with Crippen molar-refractivity contribution in [3.05, 3.63) is 231 Å². The second kappa shape index (κ2) is 35.4. The molecule has 0 aliphatic carbocycles. The van der Waals surface area contributed by atoms with Crippen LogP contribution in [0.25, 0.3) is 27.9 Å². The molecule has 0 N–H and O–H groups in total. The molecule has 5 spiro atoms. The Morgan fingerprint density at radius 1 is 0.312 bits per heavy atom. The van der Waals surface area contributed by atoms with Gasteiger partial charge in [0.15, 0.2) is 0 Å². The number of benzene rings is 7. The Balaban J connectivity index is 0.0000000932. The molecule has 17 aliphatic rings. The van der Waals surface area contributed by atoms with Gasteiger partial charge in [-0.1, -0.05) is 115 Å². The number of hydrogen-bond acceptors (Lipinski definition) is 13. The largest absolute Gasteiger partial charge is 0.487 e. The third-order valence-corrected chi connectivity index (χ3v) is 33.3. The van der Waals surface area contributed by atoms with Gasteiger partial charge >= 0.3 is 0 Å². The number of rotatable bonds is 6. The molecule has 10 atom stereocenters. The van der Waals surface area contributed by atoms with Crippen molar-refractivity contribution < 1.29 is 23.7 Å². The number of hydrogen-bond donors (Lipinski definition) is 0. The van der Waals surface area contributed by atoms with Gasteiger partial charge in [0.1, 0.15) is 62.4 Å². The minimum atomic E-state index is 0.0268. The second-order valence-electron chi connectivity index (χ2n) is 42.2. The Labute approximate surface area is 746 Å². The number of aryl methyl sites for hydroxylation is 2. The van der Waals surface area contributed by atoms with Gasteiger partial charge in [0.05, 0.1) is 0 Å². The standard InChI is InChI=1S/C26H32N2O.C23H25N3O.C23H27NO.C22H32N2O.C17H23NO/c1-2-6-22-19-27(14-10-21(22)5-1)18-20-8-9-25-23(15-20)16-26(29-25)11-4-13-28-12-3-7-24(28)17-26;1-3-20-15-23(8-2-11-25(20)10-1)14-19-13-17(4-6-21(19)27-23)18-5-7-22-24-9-12-26(22)16-18;1-17-5-7-18(8-6-17)19-9-10-22-20(14-19)15-23(25-22)11-3-13-24-12-2-4-21(24)16-23;1-2-10-23(11-3-1)17-18-7-8-21-19(14-18)15-22(25-21)9-5-13-24-12-4-6-20(24)16-22;1-13-5-6-16-14(10-13)11-17(19-16)7-3-9-18-8-2-4-15(18)12-17/h1-2,5-6,8-9,15,24H,3-4,7,10-14,16-19H2;4-7,9,12-13,16,20H,1-3,8,10-11,14-15H2;5-10,14,21H,2-4,11-13,15-16H2,1H3;7-8,14,20H,1-6,9-13,15-17H2;5-6,10,15H,2-4,7-9,11-12H2,1H3. The number of fused-ring (bicyclic) bond motifs is 12. The van der Waals surface area contributed by atoms with Crippen LogP contribution in [0.5, 0.6) is 28.7 Å². The van der Waals surface area contributed by atoms with Crippen LogP contribution in [0, 0.1) is 13.8 Å². The van der Waals surface area contributed by atoms with Crippen LogP contribution in [-0.2, 0) is 58.2 Å². The molecular weight excluding hydrogens is 1540 g/mol. The van der Waals surface area contributed by atoms with E-state index >= 15 is 0 Å². The molecule has 17 aliphatic heterocycles. The third-order valence-electron chi connectivity index (χ3n) is 33.3. The monoisotopic (exact) mass is 1680 g/mol. The summed E-state index contributed by atoms with van der Waals surface area (Å²) >= 11 is 0. The highest BCUT2D eigenvalue weighted by Gasteiger charge is 2.51. The van der Waals surface area contributed by atoms with Gasteiger partial charge in [0.25, 0.3) is 0 Å². The molecule has 7 aromatic carbocycles. The van der Waals surface area contributed by atoms with Gasteiger partial charge < -0.3 is 52.6 Å². The molecule has 14 heteroatoms. The third kappa shape index (κ3) is 17.9. The molecule has 11 fully saturated rings. The first-order valence-electron chi connectivity index (χ1n) is 50.1. The zero-order valence-electron chi connectivity index (χ0n) is 75.5. The molecule has 0 bridgehead atoms. The van der Waals surface area contributed by atoms with Crippen molar-refractivity contribution in [2.45, 2.75) is 310 Å². The fourth-order valence-corrected chi connectivity index (χ4v) is 27.2. The highest BCUT2D eigenvalue weighted by Crippen LogP contribution is 2.52. The fourth-order valence-electron chi connectivity index (χ4n) is 27.2. The van der Waals surface area contributed by atoms with Gasteiger partial charge in [0, 0.05) is 139 Å². The Morgan fingerprint density at radius 2 is 0.680 bits per heavy atom. The molecule has 658 valence electrons. The predicted octanol–water partition coefficient (Wildman–Crippen LogP) is 21.2. The summed E-state index contributed by atoms with van der Waals surface area (Å²) in [5.41, 5.74) is 22.2. The maximum absolute atomic E-state index is 6.67. The lowest BCUT2D eigenvalue weighted by Gasteiger charge is -2.30. The summed E-state index contributed by atoms with van der Waals surface area (Å²) in [7, 11) is 0. The maximum Gasteiger partial charge on any atom is 0.136 e. The molecule has 0 radical (unpaired) electrons. The summed E-state index contributed by atoms with van der Waals surface area (Å²) in [4.78, 5) is 23.1. The molecule has 0 amide bonds. The minimum Gasteiger partial charge on any atom is -0.487 e. The summed E-state index contributed by atoms with van der Waals surface area (Å²) in [5, 5.41) is 0. The Hall–Kier alpha value is -8.05. The Morgan fingerprint density at radius 3 is 1.14 bits per heavy atom. The van der Waals surface area contributed by atoms with Crippen molar-refractivity contribution in [1.82, 2.24) is 43.7 Å². The molecule has 2 aromatic heterocycles. The number of pyridine rings is 1. The van der Waals surface area contributed by atoms with Crippen molar-refractivity contribution in [2.24, 2.45) is 0 Å². The smallest absolute Gasteiger partial charge is 0.136 e. The highest BCUT2D eigenvalue weighted by molar-refractivity contribution is 5.68. The van der Waals surface area contributed by atoms with E-state index in [0.29, 0.717) is 0 Å². The van der Waals surface area contributed by atoms with Gasteiger partial charge in [-0.3, -0.25) is 9.80 Å². The lowest BCUT2D eigenvalue weighted by Crippen LogP contribution is -2.39. The summed E-state index contributed by atoms with van der Waals surface area (Å²) in [5.74, 6) is 5.71. The molecule has 11 saturated heterocycles. The van der Waals surface area contributed by atoms with Crippen LogP contribution in [0.3, 0.4) is 0 Å². The van der Waals surface area contributed by atoms with E-state index in [4.69, 9.17) is 23.7 Å². The summed E-state index contributed by atoms with van der Waals surface area (Å²) in [6.45, 7) is 24.1. The number of piperidine rings is 1. The zero-order chi connectivity index (χ0) is 83.5. The molecule has 26 rings (SSSR count). The average molecular weight is 1680 g/mol. The van der Waals surface area contributed by atoms with E-state index < -0.39 is 0 Å². The van der Waals surface area contributed by atoms with Crippen molar-refractivity contribution in [3.8, 4) is 51.0 Å². The first-order valence-corrected chi connectivity index (χ1v) is 50.1. The molecule has 19 heterocycles. The van der Waals surface area contributed by atoms with Crippen LogP contribution in [-0.4, -0.2) is 187 Å². The van der Waals surface area contributed by atoms with Gasteiger partial charge in [-0.05, 0) is 367 Å². The van der Waals surface area contributed by atoms with Crippen molar-refractivity contribution in [3.63, 3.8) is 0 Å². The SMILES string of the molecule is Cc1ccc(-c2ccc3c(c2)CC2(CCCN4CCCC4C2)O3)cc1.Cc1ccc2c(c1)CC1(CCCN3CCCC3C1)O2.c1cc2c(cc1CN1CCCCC1)CC1(CCCN3CCCC3C1)O2.c1ccc2c(c1)CCN(Cc1ccc3c(c1)CC1(CCCN4CCCC4C1)O3)C2.c1cn2cc(-c3ccc4c(c3)CC3(CCCN5CCCC5C3)O4)ccc2n1. The van der Waals surface area contributed by atoms with E-state index in [0.717, 1.165) is 117 Å². The second-order valence-corrected chi connectivity index (χ2v) is 42.2. The Kier molecular flexibility index (Phi) is 23.4. The van der Waals surface area contributed by atoms with E-state index in [-0.39, 0.29) is 28.0 Å². The minimum absolute atomic E-state index is 0.0268. The van der Waals surface area contributed by atoms with Gasteiger partial charge in [-0.15, -0.1) is 0 Å². The number of nitrogens with zero attached hydrogens (tertiary/aromatic N) is 9. The zero-order valence-corrected chi connectivity index (χ0v) is 75.5. The van der Waals surface area contributed by atoms with E-state index in [1.807, 2.05) is 12.4 Å². The summed E-state index contributed by atoms with van der Waals surface area (Å²) in [6, 6.07) is 60.0. The van der Waals surface area contributed by atoms with Gasteiger partial charge in [0.2, 0.25) is 0 Å². The normalized spacial score (nSPS) is 30.1. The Bertz CT molecular complexity index is 5310. The van der Waals surface area contributed by atoms with Crippen LogP contribution in [0.1, 0.15) is 241 Å². The van der Waals surface area contributed by atoms with Crippen molar-refractivity contribution in [2.75, 3.05) is 85.1 Å². The van der Waals surface area contributed by atoms with Gasteiger partial charge in [-0.2, -0.15) is 0 Å². The first-order chi connectivity index (χ1) is 61.3. The van der Waals surface area contributed by atoms with Crippen molar-refractivity contribution >= 4 is 5.65 Å². The van der Waals surface area contributed by atoms with Crippen LogP contribution >= 0.6 is 0 Å². The predicted molar refractivity (Wildman–Crippen MR) is 502 cm³/mol. The quantitative estimate of drug-likeness (QED) is 0.159. The average Bonchev–Trinajstić information content (AvgIpc) is 1.64. The number of likely N-dealkylation sites (tertiary alicyclic amines) is 1. The lowest BCUT2D eigenvalue weighted by molar-refractivity contribution is 0.0646. The van der Waals surface area contributed by atoms with Crippen LogP contribution in [0.15, 0.2) is 170 Å². The molecule has 14 nitrogen and oxygen atoms in total. The number of ether oxygens (including phenoxy) is 5. The molecule has 0 saturated carbocycles. The maximum atomic E-state index is 6.67. The van der Waals surface area contributed by atoms with Gasteiger partial charge in [-0.25, -0.2) is 4.98 Å². The number of aromatic nitrogens is 2.